The third kappa shape index (κ3) is 4.38. The minimum Gasteiger partial charge on any atom is -0.494 e. The summed E-state index contributed by atoms with van der Waals surface area (Å²) in [6.07, 6.45) is 3.07. The number of hydrogen-bond donors (Lipinski definition) is 0. The molecule has 0 saturated heterocycles. The molecule has 0 atom stereocenters. The van der Waals surface area contributed by atoms with Gasteiger partial charge in [-0.1, -0.05) is 24.3 Å². The third-order valence-corrected chi connectivity index (χ3v) is 2.88. The van der Waals surface area contributed by atoms with Gasteiger partial charge in [0.2, 0.25) is 0 Å². The van der Waals surface area contributed by atoms with Crippen molar-refractivity contribution in [1.29, 1.82) is 0 Å². The molecule has 2 aromatic rings. The Morgan fingerprint density at radius 1 is 1.05 bits per heavy atom. The number of carbonyl (C=O) groups excluding carboxylic acids is 1. The average molecular weight is 298 g/mol. The fourth-order valence-electron chi connectivity index (χ4n) is 1.85. The SMILES string of the molecule is CCOc1ccc(/C=C/C(=O)Oc2ccccc2OC)cc1. The molecule has 0 unspecified atom stereocenters. The first kappa shape index (κ1) is 15.6. The van der Waals surface area contributed by atoms with Crippen LogP contribution in [0.15, 0.2) is 54.6 Å². The molecule has 0 amide bonds. The van der Waals surface area contributed by atoms with Crippen molar-refractivity contribution >= 4 is 12.0 Å². The summed E-state index contributed by atoms with van der Waals surface area (Å²) in [4.78, 5) is 11.8. The first-order chi connectivity index (χ1) is 10.7. The molecule has 0 saturated carbocycles. The molecule has 114 valence electrons. The lowest BCUT2D eigenvalue weighted by Gasteiger charge is -2.06. The molecule has 2 rings (SSSR count). The largest absolute Gasteiger partial charge is 0.494 e. The van der Waals surface area contributed by atoms with E-state index in [0.717, 1.165) is 11.3 Å². The number of para-hydroxylation sites is 2. The van der Waals surface area contributed by atoms with Crippen LogP contribution in [0.4, 0.5) is 0 Å². The van der Waals surface area contributed by atoms with Crippen molar-refractivity contribution in [3.63, 3.8) is 0 Å². The molecule has 0 fully saturated rings. The lowest BCUT2D eigenvalue weighted by Crippen LogP contribution is -2.04. The van der Waals surface area contributed by atoms with E-state index in [2.05, 4.69) is 0 Å². The Morgan fingerprint density at radius 3 is 2.36 bits per heavy atom. The molecular formula is C18H18O4. The van der Waals surface area contributed by atoms with Crippen molar-refractivity contribution in [2.24, 2.45) is 0 Å². The zero-order valence-electron chi connectivity index (χ0n) is 12.6. The molecule has 0 heterocycles. The summed E-state index contributed by atoms with van der Waals surface area (Å²) in [6.45, 7) is 2.56. The van der Waals surface area contributed by atoms with Crippen LogP contribution >= 0.6 is 0 Å². The minimum absolute atomic E-state index is 0.395. The molecule has 0 spiro atoms. The number of rotatable bonds is 6. The van der Waals surface area contributed by atoms with Gasteiger partial charge in [0.1, 0.15) is 5.75 Å². The second-order valence-corrected chi connectivity index (χ2v) is 4.41. The summed E-state index contributed by atoms with van der Waals surface area (Å²) in [5, 5.41) is 0. The van der Waals surface area contributed by atoms with Gasteiger partial charge in [0.05, 0.1) is 13.7 Å². The van der Waals surface area contributed by atoms with E-state index in [1.165, 1.54) is 13.2 Å². The highest BCUT2D eigenvalue weighted by atomic mass is 16.6. The van der Waals surface area contributed by atoms with Gasteiger partial charge in [-0.3, -0.25) is 0 Å². The molecule has 0 N–H and O–H groups in total. The summed E-state index contributed by atoms with van der Waals surface area (Å²) in [6, 6.07) is 14.5. The molecule has 0 aliphatic rings. The lowest BCUT2D eigenvalue weighted by molar-refractivity contribution is -0.129. The normalized spacial score (nSPS) is 10.5. The van der Waals surface area contributed by atoms with Crippen LogP contribution in [0.5, 0.6) is 17.2 Å². The smallest absolute Gasteiger partial charge is 0.336 e. The Kier molecular flexibility index (Phi) is 5.60. The van der Waals surface area contributed by atoms with Gasteiger partial charge in [0, 0.05) is 6.08 Å². The van der Waals surface area contributed by atoms with Crippen LogP contribution in [-0.2, 0) is 4.79 Å². The van der Waals surface area contributed by atoms with E-state index < -0.39 is 5.97 Å². The van der Waals surface area contributed by atoms with E-state index in [1.807, 2.05) is 37.3 Å². The van der Waals surface area contributed by atoms with Crippen molar-refractivity contribution < 1.29 is 19.0 Å². The van der Waals surface area contributed by atoms with Crippen LogP contribution in [0.2, 0.25) is 0 Å². The maximum absolute atomic E-state index is 11.8. The van der Waals surface area contributed by atoms with Crippen LogP contribution in [-0.4, -0.2) is 19.7 Å². The standard InChI is InChI=1S/C18H18O4/c1-3-21-15-11-8-14(9-12-15)10-13-18(19)22-17-7-5-4-6-16(17)20-2/h4-13H,3H2,1-2H3/b13-10+. The summed E-state index contributed by atoms with van der Waals surface area (Å²) in [5.74, 6) is 1.26. The van der Waals surface area contributed by atoms with Gasteiger partial charge < -0.3 is 14.2 Å². The molecule has 0 bridgehead atoms. The van der Waals surface area contributed by atoms with Gasteiger partial charge in [-0.25, -0.2) is 4.79 Å². The quantitative estimate of drug-likeness (QED) is 0.463. The summed E-state index contributed by atoms with van der Waals surface area (Å²) < 4.78 is 15.7. The fraction of sp³-hybridized carbons (Fsp3) is 0.167. The lowest BCUT2D eigenvalue weighted by atomic mass is 10.2. The molecule has 0 aliphatic carbocycles. The summed E-state index contributed by atoms with van der Waals surface area (Å²) >= 11 is 0. The second-order valence-electron chi connectivity index (χ2n) is 4.41. The van der Waals surface area contributed by atoms with Crippen LogP contribution in [0.25, 0.3) is 6.08 Å². The molecular weight excluding hydrogens is 280 g/mol. The Hall–Kier alpha value is -2.75. The van der Waals surface area contributed by atoms with E-state index in [4.69, 9.17) is 14.2 Å². The predicted octanol–water partition coefficient (Wildman–Crippen LogP) is 3.71. The maximum Gasteiger partial charge on any atom is 0.336 e. The van der Waals surface area contributed by atoms with Crippen LogP contribution in [0.3, 0.4) is 0 Å². The number of carbonyl (C=O) groups is 1. The summed E-state index contributed by atoms with van der Waals surface area (Å²) in [7, 11) is 1.53. The van der Waals surface area contributed by atoms with Crippen LogP contribution in [0.1, 0.15) is 12.5 Å². The second kappa shape index (κ2) is 7.88. The van der Waals surface area contributed by atoms with E-state index in [1.54, 1.807) is 24.3 Å². The maximum atomic E-state index is 11.8. The monoisotopic (exact) mass is 298 g/mol. The van der Waals surface area contributed by atoms with Crippen molar-refractivity contribution in [2.45, 2.75) is 6.92 Å². The van der Waals surface area contributed by atoms with Crippen molar-refractivity contribution in [1.82, 2.24) is 0 Å². The van der Waals surface area contributed by atoms with Crippen LogP contribution in [0, 0.1) is 0 Å². The van der Waals surface area contributed by atoms with Crippen molar-refractivity contribution in [3.05, 3.63) is 60.2 Å². The number of hydrogen-bond acceptors (Lipinski definition) is 4. The molecule has 22 heavy (non-hydrogen) atoms. The Labute approximate surface area is 129 Å². The van der Waals surface area contributed by atoms with E-state index in [0.29, 0.717) is 18.1 Å². The number of esters is 1. The van der Waals surface area contributed by atoms with E-state index in [-0.39, 0.29) is 0 Å². The highest BCUT2D eigenvalue weighted by Gasteiger charge is 2.06. The van der Waals surface area contributed by atoms with Gasteiger partial charge in [0.25, 0.3) is 0 Å². The first-order valence-corrected chi connectivity index (χ1v) is 6.98. The van der Waals surface area contributed by atoms with Gasteiger partial charge in [0.15, 0.2) is 11.5 Å². The number of methoxy groups -OCH3 is 1. The van der Waals surface area contributed by atoms with Crippen LogP contribution < -0.4 is 14.2 Å². The molecule has 2 aromatic carbocycles. The topological polar surface area (TPSA) is 44.8 Å². The van der Waals surface area contributed by atoms with Gasteiger partial charge in [-0.05, 0) is 42.8 Å². The average Bonchev–Trinajstić information content (AvgIpc) is 2.55. The minimum atomic E-state index is -0.460. The Bertz CT molecular complexity index is 644. The Balaban J connectivity index is 1.99. The zero-order chi connectivity index (χ0) is 15.8. The first-order valence-electron chi connectivity index (χ1n) is 6.98. The molecule has 4 heteroatoms. The van der Waals surface area contributed by atoms with Crippen molar-refractivity contribution in [2.75, 3.05) is 13.7 Å². The Morgan fingerprint density at radius 2 is 1.73 bits per heavy atom. The van der Waals surface area contributed by atoms with E-state index >= 15 is 0 Å². The summed E-state index contributed by atoms with van der Waals surface area (Å²) in [5.41, 5.74) is 0.889. The molecule has 0 aromatic heterocycles. The number of benzene rings is 2. The molecule has 4 nitrogen and oxygen atoms in total. The fourth-order valence-corrected chi connectivity index (χ4v) is 1.85. The number of ether oxygens (including phenoxy) is 3. The van der Waals surface area contributed by atoms with Gasteiger partial charge in [-0.15, -0.1) is 0 Å². The van der Waals surface area contributed by atoms with Gasteiger partial charge in [-0.2, -0.15) is 0 Å². The highest BCUT2D eigenvalue weighted by Crippen LogP contribution is 2.26. The highest BCUT2D eigenvalue weighted by molar-refractivity contribution is 5.89. The molecule has 0 aliphatic heterocycles. The third-order valence-electron chi connectivity index (χ3n) is 2.88. The van der Waals surface area contributed by atoms with Gasteiger partial charge >= 0.3 is 5.97 Å². The zero-order valence-corrected chi connectivity index (χ0v) is 12.6. The molecule has 0 radical (unpaired) electrons. The predicted molar refractivity (Wildman–Crippen MR) is 85.3 cm³/mol. The van der Waals surface area contributed by atoms with E-state index in [9.17, 15) is 4.79 Å². The van der Waals surface area contributed by atoms with Crippen molar-refractivity contribution in [3.8, 4) is 17.2 Å².